The van der Waals surface area contributed by atoms with Crippen molar-refractivity contribution in [1.82, 2.24) is 19.5 Å². The fourth-order valence-corrected chi connectivity index (χ4v) is 3.40. The maximum absolute atomic E-state index is 12.7. The van der Waals surface area contributed by atoms with Crippen LogP contribution in [0.15, 0.2) is 29.9 Å². The van der Waals surface area contributed by atoms with Crippen molar-refractivity contribution in [3.63, 3.8) is 0 Å². The summed E-state index contributed by atoms with van der Waals surface area (Å²) in [6.07, 6.45) is -1.34. The molecule has 0 aliphatic rings. The first kappa shape index (κ1) is 20.6. The third kappa shape index (κ3) is 4.86. The number of halogens is 3. The van der Waals surface area contributed by atoms with Crippen LogP contribution in [-0.2, 0) is 11.3 Å². The zero-order valence-corrected chi connectivity index (χ0v) is 16.2. The average Bonchev–Trinajstić information content (AvgIpc) is 3.27. The number of aryl methyl sites for hydroxylation is 1. The summed E-state index contributed by atoms with van der Waals surface area (Å²) in [7, 11) is 0. The van der Waals surface area contributed by atoms with E-state index >= 15 is 0 Å². The standard InChI is InChI=1S/C18H15F3N4O3S/c1-10-6-12(11(2)25(10)9-18(19,20)21)14(26)7-28-17(27)13-8-29-16(24-13)15-22-4-3-5-23-15/h3-6,8H,7,9H2,1-2H3. The molecule has 0 radical (unpaired) electrons. The van der Waals surface area contributed by atoms with Gasteiger partial charge in [0, 0.05) is 34.7 Å². The monoisotopic (exact) mass is 424 g/mol. The smallest absolute Gasteiger partial charge is 0.406 e. The van der Waals surface area contributed by atoms with Crippen molar-refractivity contribution >= 4 is 23.1 Å². The highest BCUT2D eigenvalue weighted by atomic mass is 32.1. The van der Waals surface area contributed by atoms with Crippen LogP contribution < -0.4 is 0 Å². The van der Waals surface area contributed by atoms with Gasteiger partial charge in [-0.05, 0) is 26.0 Å². The van der Waals surface area contributed by atoms with Gasteiger partial charge in [-0.3, -0.25) is 4.79 Å². The number of rotatable bonds is 6. The number of esters is 1. The molecule has 0 aliphatic carbocycles. The van der Waals surface area contributed by atoms with Gasteiger partial charge in [0.25, 0.3) is 0 Å². The lowest BCUT2D eigenvalue weighted by Crippen LogP contribution is -2.20. The summed E-state index contributed by atoms with van der Waals surface area (Å²) in [5, 5.41) is 1.87. The van der Waals surface area contributed by atoms with E-state index in [1.807, 2.05) is 0 Å². The van der Waals surface area contributed by atoms with Crippen LogP contribution in [0.25, 0.3) is 10.8 Å². The van der Waals surface area contributed by atoms with Gasteiger partial charge in [0.2, 0.25) is 5.78 Å². The molecule has 152 valence electrons. The van der Waals surface area contributed by atoms with Gasteiger partial charge in [0.05, 0.1) is 0 Å². The molecular weight excluding hydrogens is 409 g/mol. The molecule has 0 saturated carbocycles. The lowest BCUT2D eigenvalue weighted by molar-refractivity contribution is -0.141. The number of hydrogen-bond donors (Lipinski definition) is 0. The van der Waals surface area contributed by atoms with Crippen molar-refractivity contribution in [2.75, 3.05) is 6.61 Å². The second-order valence-corrected chi connectivity index (χ2v) is 6.95. The van der Waals surface area contributed by atoms with Crippen LogP contribution >= 0.6 is 11.3 Å². The Morgan fingerprint density at radius 1 is 1.21 bits per heavy atom. The molecule has 29 heavy (non-hydrogen) atoms. The van der Waals surface area contributed by atoms with E-state index in [1.165, 1.54) is 37.7 Å². The predicted molar refractivity (Wildman–Crippen MR) is 97.7 cm³/mol. The minimum Gasteiger partial charge on any atom is -0.453 e. The Morgan fingerprint density at radius 3 is 2.55 bits per heavy atom. The van der Waals surface area contributed by atoms with Crippen molar-refractivity contribution in [1.29, 1.82) is 0 Å². The van der Waals surface area contributed by atoms with Crippen molar-refractivity contribution in [3.8, 4) is 10.8 Å². The van der Waals surface area contributed by atoms with E-state index in [0.717, 1.165) is 15.9 Å². The van der Waals surface area contributed by atoms with E-state index in [9.17, 15) is 22.8 Å². The van der Waals surface area contributed by atoms with Crippen LogP contribution in [0.1, 0.15) is 32.2 Å². The van der Waals surface area contributed by atoms with Gasteiger partial charge in [0.15, 0.2) is 23.1 Å². The van der Waals surface area contributed by atoms with E-state index in [1.54, 1.807) is 6.07 Å². The van der Waals surface area contributed by atoms with Crippen LogP contribution in [0.3, 0.4) is 0 Å². The zero-order valence-electron chi connectivity index (χ0n) is 15.4. The Labute approximate surface area is 167 Å². The predicted octanol–water partition coefficient (Wildman–Crippen LogP) is 3.62. The highest BCUT2D eigenvalue weighted by Gasteiger charge is 2.30. The lowest BCUT2D eigenvalue weighted by atomic mass is 10.1. The highest BCUT2D eigenvalue weighted by molar-refractivity contribution is 7.13. The van der Waals surface area contributed by atoms with E-state index in [4.69, 9.17) is 4.74 Å². The number of hydrogen-bond acceptors (Lipinski definition) is 7. The number of nitrogens with zero attached hydrogens (tertiary/aromatic N) is 4. The Balaban J connectivity index is 1.66. The van der Waals surface area contributed by atoms with Gasteiger partial charge in [0.1, 0.15) is 6.54 Å². The van der Waals surface area contributed by atoms with Gasteiger partial charge in [-0.25, -0.2) is 19.7 Å². The maximum Gasteiger partial charge on any atom is 0.406 e. The Kier molecular flexibility index (Phi) is 5.78. The van der Waals surface area contributed by atoms with Crippen molar-refractivity contribution < 1.29 is 27.5 Å². The third-order valence-electron chi connectivity index (χ3n) is 4.02. The Hall–Kier alpha value is -3.08. The summed E-state index contributed by atoms with van der Waals surface area (Å²) < 4.78 is 44.0. The fourth-order valence-electron chi connectivity index (χ4n) is 2.67. The molecule has 0 N–H and O–H groups in total. The summed E-state index contributed by atoms with van der Waals surface area (Å²) >= 11 is 1.14. The normalized spacial score (nSPS) is 11.5. The molecule has 0 bridgehead atoms. The number of carbonyl (C=O) groups excluding carboxylic acids is 2. The molecule has 7 nitrogen and oxygen atoms in total. The second kappa shape index (κ2) is 8.11. The molecule has 0 atom stereocenters. The highest BCUT2D eigenvalue weighted by Crippen LogP contribution is 2.24. The number of carbonyl (C=O) groups is 2. The molecule has 3 aromatic heterocycles. The molecule has 11 heteroatoms. The number of thiazole rings is 1. The third-order valence-corrected chi connectivity index (χ3v) is 4.85. The first-order valence-electron chi connectivity index (χ1n) is 8.32. The van der Waals surface area contributed by atoms with Gasteiger partial charge >= 0.3 is 12.1 Å². The van der Waals surface area contributed by atoms with Crippen molar-refractivity contribution in [2.24, 2.45) is 0 Å². The number of alkyl halides is 3. The Morgan fingerprint density at radius 2 is 1.90 bits per heavy atom. The minimum absolute atomic E-state index is 0.00667. The van der Waals surface area contributed by atoms with E-state index in [-0.39, 0.29) is 17.0 Å². The number of Topliss-reactive ketones (excluding diaryl/α,β-unsaturated/α-hetero) is 1. The molecule has 0 aliphatic heterocycles. The largest absolute Gasteiger partial charge is 0.453 e. The van der Waals surface area contributed by atoms with Gasteiger partial charge in [-0.1, -0.05) is 0 Å². The van der Waals surface area contributed by atoms with Crippen LogP contribution in [0, 0.1) is 13.8 Å². The molecule has 0 unspecified atom stereocenters. The number of ketones is 1. The summed E-state index contributed by atoms with van der Waals surface area (Å²) in [4.78, 5) is 36.6. The fraction of sp³-hybridized carbons (Fsp3) is 0.278. The summed E-state index contributed by atoms with van der Waals surface area (Å²) in [5.74, 6) is -1.06. The topological polar surface area (TPSA) is 87.0 Å². The molecule has 0 spiro atoms. The van der Waals surface area contributed by atoms with E-state index in [0.29, 0.717) is 16.5 Å². The molecule has 0 fully saturated rings. The molecule has 3 rings (SSSR count). The van der Waals surface area contributed by atoms with Gasteiger partial charge in [-0.15, -0.1) is 11.3 Å². The van der Waals surface area contributed by atoms with E-state index < -0.39 is 31.1 Å². The molecule has 3 heterocycles. The van der Waals surface area contributed by atoms with Gasteiger partial charge in [-0.2, -0.15) is 13.2 Å². The zero-order chi connectivity index (χ0) is 21.2. The van der Waals surface area contributed by atoms with Crippen LogP contribution in [0.5, 0.6) is 0 Å². The molecule has 0 aromatic carbocycles. The lowest BCUT2D eigenvalue weighted by Gasteiger charge is -2.12. The van der Waals surface area contributed by atoms with Gasteiger partial charge < -0.3 is 9.30 Å². The quantitative estimate of drug-likeness (QED) is 0.444. The molecular formula is C18H15F3N4O3S. The number of ether oxygens (including phenoxy) is 1. The van der Waals surface area contributed by atoms with E-state index in [2.05, 4.69) is 15.0 Å². The SMILES string of the molecule is Cc1cc(C(=O)COC(=O)c2csc(-c3ncccn3)n2)c(C)n1CC(F)(F)F. The van der Waals surface area contributed by atoms with Crippen molar-refractivity contribution in [3.05, 3.63) is 52.6 Å². The van der Waals surface area contributed by atoms with Crippen LogP contribution in [0.2, 0.25) is 0 Å². The maximum atomic E-state index is 12.7. The van der Waals surface area contributed by atoms with Crippen LogP contribution in [-0.4, -0.2) is 44.1 Å². The molecule has 3 aromatic rings. The summed E-state index contributed by atoms with van der Waals surface area (Å²) in [6, 6.07) is 2.99. The average molecular weight is 424 g/mol. The second-order valence-electron chi connectivity index (χ2n) is 6.10. The number of aromatic nitrogens is 4. The molecule has 0 saturated heterocycles. The summed E-state index contributed by atoms with van der Waals surface area (Å²) in [6.45, 7) is 1.09. The first-order valence-corrected chi connectivity index (χ1v) is 9.20. The first-order chi connectivity index (χ1) is 13.7. The molecule has 0 amide bonds. The summed E-state index contributed by atoms with van der Waals surface area (Å²) in [5.41, 5.74) is 0.531. The van der Waals surface area contributed by atoms with Crippen LogP contribution in [0.4, 0.5) is 13.2 Å². The van der Waals surface area contributed by atoms with Crippen molar-refractivity contribution in [2.45, 2.75) is 26.6 Å². The minimum atomic E-state index is -4.41. The Bertz CT molecular complexity index is 1040.